The maximum atomic E-state index is 12.9. The topological polar surface area (TPSA) is 17.1 Å². The Morgan fingerprint density at radius 2 is 1.45 bits per heavy atom. The van der Waals surface area contributed by atoms with Crippen LogP contribution in [0.25, 0.3) is 0 Å². The van der Waals surface area contributed by atoms with Crippen molar-refractivity contribution in [1.82, 2.24) is 0 Å². The highest BCUT2D eigenvalue weighted by Gasteiger charge is 2.32. The first-order valence-electron chi connectivity index (χ1n) is 7.06. The first-order chi connectivity index (χ1) is 9.41. The SMILES string of the molecule is Cc1ccccc1C(C(=O)C(C)(C)C)c1ccccc1. The van der Waals surface area contributed by atoms with Crippen molar-refractivity contribution < 1.29 is 4.79 Å². The van der Waals surface area contributed by atoms with Crippen LogP contribution in [0.1, 0.15) is 43.4 Å². The third kappa shape index (κ3) is 2.98. The Bertz CT molecular complexity index is 591. The van der Waals surface area contributed by atoms with Gasteiger partial charge in [-0.3, -0.25) is 4.79 Å². The van der Waals surface area contributed by atoms with E-state index in [1.807, 2.05) is 63.2 Å². The predicted molar refractivity (Wildman–Crippen MR) is 83.9 cm³/mol. The van der Waals surface area contributed by atoms with Crippen molar-refractivity contribution in [3.63, 3.8) is 0 Å². The largest absolute Gasteiger partial charge is 0.298 e. The zero-order valence-corrected chi connectivity index (χ0v) is 12.7. The van der Waals surface area contributed by atoms with Gasteiger partial charge in [0.25, 0.3) is 0 Å². The monoisotopic (exact) mass is 266 g/mol. The van der Waals surface area contributed by atoms with Gasteiger partial charge in [0, 0.05) is 5.41 Å². The Morgan fingerprint density at radius 3 is 2.00 bits per heavy atom. The number of benzene rings is 2. The van der Waals surface area contributed by atoms with Crippen molar-refractivity contribution >= 4 is 5.78 Å². The molecule has 0 aliphatic rings. The summed E-state index contributed by atoms with van der Waals surface area (Å²) < 4.78 is 0. The lowest BCUT2D eigenvalue weighted by Gasteiger charge is -2.26. The molecule has 1 heteroatoms. The average Bonchev–Trinajstić information content (AvgIpc) is 2.41. The van der Waals surface area contributed by atoms with Crippen LogP contribution < -0.4 is 0 Å². The van der Waals surface area contributed by atoms with Crippen molar-refractivity contribution in [3.05, 3.63) is 71.3 Å². The van der Waals surface area contributed by atoms with Crippen LogP contribution in [-0.4, -0.2) is 5.78 Å². The molecule has 2 aromatic rings. The second-order valence-electron chi connectivity index (χ2n) is 6.31. The average molecular weight is 266 g/mol. The van der Waals surface area contributed by atoms with E-state index in [1.165, 1.54) is 5.56 Å². The quantitative estimate of drug-likeness (QED) is 0.784. The second kappa shape index (κ2) is 5.62. The summed E-state index contributed by atoms with van der Waals surface area (Å²) in [7, 11) is 0. The summed E-state index contributed by atoms with van der Waals surface area (Å²) in [5.41, 5.74) is 2.99. The van der Waals surface area contributed by atoms with Gasteiger partial charge in [-0.15, -0.1) is 0 Å². The van der Waals surface area contributed by atoms with Crippen molar-refractivity contribution in [2.45, 2.75) is 33.6 Å². The van der Waals surface area contributed by atoms with Crippen LogP contribution >= 0.6 is 0 Å². The van der Waals surface area contributed by atoms with Gasteiger partial charge >= 0.3 is 0 Å². The Balaban J connectivity index is 2.57. The van der Waals surface area contributed by atoms with Crippen LogP contribution in [0.15, 0.2) is 54.6 Å². The lowest BCUT2D eigenvalue weighted by Crippen LogP contribution is -2.28. The van der Waals surface area contributed by atoms with Crippen LogP contribution in [0.2, 0.25) is 0 Å². The number of hydrogen-bond donors (Lipinski definition) is 0. The Kier molecular flexibility index (Phi) is 4.08. The van der Waals surface area contributed by atoms with Gasteiger partial charge in [0.05, 0.1) is 5.92 Å². The highest BCUT2D eigenvalue weighted by molar-refractivity contribution is 5.93. The summed E-state index contributed by atoms with van der Waals surface area (Å²) in [5, 5.41) is 0. The molecule has 0 spiro atoms. The van der Waals surface area contributed by atoms with E-state index in [4.69, 9.17) is 0 Å². The number of rotatable bonds is 3. The zero-order valence-electron chi connectivity index (χ0n) is 12.7. The van der Waals surface area contributed by atoms with E-state index < -0.39 is 0 Å². The summed E-state index contributed by atoms with van der Waals surface area (Å²) in [5.74, 6) is 0.0791. The molecule has 0 saturated carbocycles. The molecule has 0 N–H and O–H groups in total. The van der Waals surface area contributed by atoms with Gasteiger partial charge in [0.2, 0.25) is 0 Å². The minimum Gasteiger partial charge on any atom is -0.298 e. The van der Waals surface area contributed by atoms with Gasteiger partial charge in [-0.05, 0) is 23.6 Å². The summed E-state index contributed by atoms with van der Waals surface area (Å²) in [6, 6.07) is 18.2. The number of Topliss-reactive ketones (excluding diaryl/α,β-unsaturated/α-hetero) is 1. The summed E-state index contributed by atoms with van der Waals surface area (Å²) in [6.45, 7) is 8.04. The first-order valence-corrected chi connectivity index (χ1v) is 7.06. The Morgan fingerprint density at radius 1 is 0.900 bits per heavy atom. The second-order valence-corrected chi connectivity index (χ2v) is 6.31. The lowest BCUT2D eigenvalue weighted by molar-refractivity contribution is -0.126. The molecule has 1 nitrogen and oxygen atoms in total. The molecule has 2 aromatic carbocycles. The third-order valence-electron chi connectivity index (χ3n) is 3.63. The highest BCUT2D eigenvalue weighted by atomic mass is 16.1. The van der Waals surface area contributed by atoms with Crippen LogP contribution in [0.3, 0.4) is 0 Å². The van der Waals surface area contributed by atoms with Crippen LogP contribution in [0.5, 0.6) is 0 Å². The number of aryl methyl sites for hydroxylation is 1. The molecule has 104 valence electrons. The van der Waals surface area contributed by atoms with Gasteiger partial charge in [0.15, 0.2) is 0 Å². The van der Waals surface area contributed by atoms with Gasteiger partial charge in [0.1, 0.15) is 5.78 Å². The molecule has 0 aromatic heterocycles. The van der Waals surface area contributed by atoms with Gasteiger partial charge in [-0.2, -0.15) is 0 Å². The summed E-state index contributed by atoms with van der Waals surface area (Å²) >= 11 is 0. The van der Waals surface area contributed by atoms with E-state index in [-0.39, 0.29) is 17.1 Å². The number of ketones is 1. The van der Waals surface area contributed by atoms with Crippen molar-refractivity contribution in [3.8, 4) is 0 Å². The Hall–Kier alpha value is -1.89. The molecule has 1 atom stereocenters. The minimum atomic E-state index is -0.358. The van der Waals surface area contributed by atoms with Crippen LogP contribution in [0.4, 0.5) is 0 Å². The summed E-state index contributed by atoms with van der Waals surface area (Å²) in [6.07, 6.45) is 0. The van der Waals surface area contributed by atoms with Crippen LogP contribution in [-0.2, 0) is 4.79 Å². The van der Waals surface area contributed by atoms with E-state index in [0.717, 1.165) is 11.1 Å². The van der Waals surface area contributed by atoms with E-state index in [9.17, 15) is 4.79 Å². The van der Waals surface area contributed by atoms with E-state index in [2.05, 4.69) is 19.1 Å². The van der Waals surface area contributed by atoms with E-state index in [0.29, 0.717) is 0 Å². The molecule has 0 saturated heterocycles. The third-order valence-corrected chi connectivity index (χ3v) is 3.63. The molecule has 2 rings (SSSR count). The fourth-order valence-corrected chi connectivity index (χ4v) is 2.46. The van der Waals surface area contributed by atoms with E-state index in [1.54, 1.807) is 0 Å². The number of carbonyl (C=O) groups is 1. The standard InChI is InChI=1S/C19H22O/c1-14-10-8-9-13-16(14)17(18(20)19(2,3)4)15-11-6-5-7-12-15/h5-13,17H,1-4H3. The minimum absolute atomic E-state index is 0.183. The Labute approximate surface area is 121 Å². The van der Waals surface area contributed by atoms with Crippen molar-refractivity contribution in [2.24, 2.45) is 5.41 Å². The van der Waals surface area contributed by atoms with Gasteiger partial charge in [-0.25, -0.2) is 0 Å². The van der Waals surface area contributed by atoms with Gasteiger partial charge in [-0.1, -0.05) is 75.4 Å². The zero-order chi connectivity index (χ0) is 14.8. The smallest absolute Gasteiger partial charge is 0.150 e. The molecule has 1 unspecified atom stereocenters. The maximum absolute atomic E-state index is 12.9. The highest BCUT2D eigenvalue weighted by Crippen LogP contribution is 2.34. The summed E-state index contributed by atoms with van der Waals surface area (Å²) in [4.78, 5) is 12.9. The van der Waals surface area contributed by atoms with Crippen molar-refractivity contribution in [1.29, 1.82) is 0 Å². The van der Waals surface area contributed by atoms with E-state index >= 15 is 0 Å². The molecule has 0 amide bonds. The normalized spacial score (nSPS) is 13.0. The number of hydrogen-bond acceptors (Lipinski definition) is 1. The van der Waals surface area contributed by atoms with Crippen molar-refractivity contribution in [2.75, 3.05) is 0 Å². The molecular formula is C19H22O. The predicted octanol–water partition coefficient (Wildman–Crippen LogP) is 4.74. The maximum Gasteiger partial charge on any atom is 0.150 e. The van der Waals surface area contributed by atoms with Gasteiger partial charge < -0.3 is 0 Å². The molecular weight excluding hydrogens is 244 g/mol. The molecule has 0 aliphatic carbocycles. The lowest BCUT2D eigenvalue weighted by atomic mass is 9.75. The fraction of sp³-hybridized carbons (Fsp3) is 0.316. The molecule has 0 bridgehead atoms. The number of carbonyl (C=O) groups excluding carboxylic acids is 1. The first kappa shape index (κ1) is 14.5. The molecule has 0 aliphatic heterocycles. The molecule has 0 radical (unpaired) electrons. The molecule has 0 heterocycles. The molecule has 20 heavy (non-hydrogen) atoms. The molecule has 0 fully saturated rings. The van der Waals surface area contributed by atoms with Crippen LogP contribution in [0, 0.1) is 12.3 Å². The fourth-order valence-electron chi connectivity index (χ4n) is 2.46.